The molecule has 2 aromatic carbocycles. The van der Waals surface area contributed by atoms with E-state index in [2.05, 4.69) is 4.90 Å². The summed E-state index contributed by atoms with van der Waals surface area (Å²) in [5, 5.41) is 0. The largest absolute Gasteiger partial charge is 0.497 e. The van der Waals surface area contributed by atoms with E-state index in [1.807, 2.05) is 70.2 Å². The highest BCUT2D eigenvalue weighted by molar-refractivity contribution is 5.92. The zero-order valence-corrected chi connectivity index (χ0v) is 19.4. The van der Waals surface area contributed by atoms with E-state index in [-0.39, 0.29) is 11.9 Å². The molecule has 0 aromatic heterocycles. The van der Waals surface area contributed by atoms with Crippen molar-refractivity contribution in [2.75, 3.05) is 25.7 Å². The second kappa shape index (κ2) is 10.8. The number of esters is 2. The van der Waals surface area contributed by atoms with Crippen molar-refractivity contribution in [3.05, 3.63) is 59.2 Å². The third kappa shape index (κ3) is 7.63. The maximum atomic E-state index is 12.7. The fourth-order valence-corrected chi connectivity index (χ4v) is 3.13. The van der Waals surface area contributed by atoms with Crippen molar-refractivity contribution in [2.24, 2.45) is 0 Å². The van der Waals surface area contributed by atoms with Crippen LogP contribution in [-0.4, -0.2) is 38.3 Å². The number of nitrogens with zero attached hydrogens (tertiary/aromatic N) is 1. The van der Waals surface area contributed by atoms with Crippen LogP contribution in [-0.2, 0) is 20.8 Å². The number of hydrogen-bond donors (Lipinski definition) is 0. The quantitative estimate of drug-likeness (QED) is 0.529. The van der Waals surface area contributed by atoms with E-state index < -0.39 is 5.60 Å². The average Bonchev–Trinajstić information content (AvgIpc) is 2.72. The normalized spacial score (nSPS) is 11.0. The van der Waals surface area contributed by atoms with Crippen LogP contribution in [0.2, 0.25) is 0 Å². The summed E-state index contributed by atoms with van der Waals surface area (Å²) in [7, 11) is 3.03. The number of hydrogen-bond acceptors (Lipinski definition) is 6. The Balaban J connectivity index is 2.29. The summed E-state index contributed by atoms with van der Waals surface area (Å²) in [6, 6.07) is 13.6. The summed E-state index contributed by atoms with van der Waals surface area (Å²) >= 11 is 0. The fraction of sp³-hybridized carbons (Fsp3) is 0.440. The monoisotopic (exact) mass is 427 g/mol. The van der Waals surface area contributed by atoms with Gasteiger partial charge in [-0.25, -0.2) is 4.79 Å². The van der Waals surface area contributed by atoms with Crippen LogP contribution >= 0.6 is 0 Å². The van der Waals surface area contributed by atoms with Gasteiger partial charge in [0.25, 0.3) is 0 Å². The molecule has 0 atom stereocenters. The third-order valence-electron chi connectivity index (χ3n) is 4.77. The number of rotatable bonds is 9. The van der Waals surface area contributed by atoms with Gasteiger partial charge in [0.1, 0.15) is 11.4 Å². The van der Waals surface area contributed by atoms with Crippen LogP contribution in [0.1, 0.15) is 55.1 Å². The molecule has 6 heteroatoms. The van der Waals surface area contributed by atoms with Gasteiger partial charge < -0.3 is 19.1 Å². The first kappa shape index (κ1) is 24.3. The average molecular weight is 428 g/mol. The van der Waals surface area contributed by atoms with Crippen LogP contribution in [0.25, 0.3) is 0 Å². The minimum atomic E-state index is -0.567. The van der Waals surface area contributed by atoms with E-state index >= 15 is 0 Å². The van der Waals surface area contributed by atoms with Gasteiger partial charge in [0, 0.05) is 25.2 Å². The molecule has 0 radical (unpaired) electrons. The predicted molar refractivity (Wildman–Crippen MR) is 122 cm³/mol. The molecule has 0 heterocycles. The third-order valence-corrected chi connectivity index (χ3v) is 4.77. The Kier molecular flexibility index (Phi) is 8.48. The Hall–Kier alpha value is -3.02. The van der Waals surface area contributed by atoms with Crippen LogP contribution in [0.4, 0.5) is 5.69 Å². The number of methoxy groups -OCH3 is 2. The molecule has 0 amide bonds. The van der Waals surface area contributed by atoms with Gasteiger partial charge in [-0.05, 0) is 69.5 Å². The molecule has 0 saturated carbocycles. The zero-order chi connectivity index (χ0) is 23.0. The number of anilines is 1. The second-order valence-electron chi connectivity index (χ2n) is 8.45. The Morgan fingerprint density at radius 1 is 1.00 bits per heavy atom. The number of carbonyl (C=O) groups is 2. The molecule has 0 spiro atoms. The van der Waals surface area contributed by atoms with Gasteiger partial charge >= 0.3 is 11.9 Å². The molecule has 0 unspecified atom stereocenters. The SMILES string of the molecule is COC(=O)CCCN(Cc1ccc(OC)cc1)c1ccc(C)c(C(=O)OC(C)(C)C)c1. The first-order valence-electron chi connectivity index (χ1n) is 10.4. The lowest BCUT2D eigenvalue weighted by molar-refractivity contribution is -0.140. The predicted octanol–water partition coefficient (Wildman–Crippen LogP) is 4.92. The number of benzene rings is 2. The molecule has 0 N–H and O–H groups in total. The molecule has 0 aliphatic rings. The first-order valence-corrected chi connectivity index (χ1v) is 10.4. The van der Waals surface area contributed by atoms with E-state index in [0.29, 0.717) is 31.5 Å². The number of carbonyl (C=O) groups excluding carboxylic acids is 2. The number of aryl methyl sites for hydroxylation is 1. The summed E-state index contributed by atoms with van der Waals surface area (Å²) in [6.07, 6.45) is 0.971. The Labute approximate surface area is 185 Å². The summed E-state index contributed by atoms with van der Waals surface area (Å²) in [5.41, 5.74) is 2.82. The van der Waals surface area contributed by atoms with Crippen molar-refractivity contribution in [3.8, 4) is 5.75 Å². The molecule has 0 aliphatic heterocycles. The molecule has 0 bridgehead atoms. The molecule has 0 aliphatic carbocycles. The van der Waals surface area contributed by atoms with Gasteiger partial charge in [-0.15, -0.1) is 0 Å². The van der Waals surface area contributed by atoms with Crippen molar-refractivity contribution < 1.29 is 23.8 Å². The Morgan fingerprint density at radius 2 is 1.68 bits per heavy atom. The molecule has 2 rings (SSSR count). The van der Waals surface area contributed by atoms with Crippen LogP contribution in [0, 0.1) is 6.92 Å². The van der Waals surface area contributed by atoms with Gasteiger partial charge in [0.15, 0.2) is 0 Å². The molecular weight excluding hydrogens is 394 g/mol. The molecule has 0 fully saturated rings. The van der Waals surface area contributed by atoms with E-state index in [4.69, 9.17) is 14.2 Å². The zero-order valence-electron chi connectivity index (χ0n) is 19.4. The Morgan fingerprint density at radius 3 is 2.26 bits per heavy atom. The van der Waals surface area contributed by atoms with Crippen molar-refractivity contribution in [1.29, 1.82) is 0 Å². The van der Waals surface area contributed by atoms with Gasteiger partial charge in [0.2, 0.25) is 0 Å². The highest BCUT2D eigenvalue weighted by atomic mass is 16.6. The molecule has 168 valence electrons. The molecule has 0 saturated heterocycles. The van der Waals surface area contributed by atoms with Gasteiger partial charge in [-0.1, -0.05) is 18.2 Å². The van der Waals surface area contributed by atoms with Gasteiger partial charge in [-0.3, -0.25) is 4.79 Å². The smallest absolute Gasteiger partial charge is 0.338 e. The summed E-state index contributed by atoms with van der Waals surface area (Å²) in [5.74, 6) is 0.220. The Bertz CT molecular complexity index is 884. The maximum Gasteiger partial charge on any atom is 0.338 e. The summed E-state index contributed by atoms with van der Waals surface area (Å²) in [4.78, 5) is 26.4. The molecular formula is C25H33NO5. The van der Waals surface area contributed by atoms with Gasteiger partial charge in [0.05, 0.1) is 19.8 Å². The van der Waals surface area contributed by atoms with Crippen molar-refractivity contribution >= 4 is 17.6 Å². The van der Waals surface area contributed by atoms with Crippen LogP contribution < -0.4 is 9.64 Å². The van der Waals surface area contributed by atoms with Crippen LogP contribution in [0.5, 0.6) is 5.75 Å². The van der Waals surface area contributed by atoms with Crippen molar-refractivity contribution in [3.63, 3.8) is 0 Å². The van der Waals surface area contributed by atoms with E-state index in [0.717, 1.165) is 22.6 Å². The molecule has 2 aromatic rings. The van der Waals surface area contributed by atoms with Gasteiger partial charge in [-0.2, -0.15) is 0 Å². The van der Waals surface area contributed by atoms with Crippen molar-refractivity contribution in [2.45, 2.75) is 52.7 Å². The minimum Gasteiger partial charge on any atom is -0.497 e. The number of ether oxygens (including phenoxy) is 3. The standard InChI is InChI=1S/C25H33NO5/c1-18-9-12-20(16-22(18)24(28)31-25(2,3)4)26(15-7-8-23(27)30-6)17-19-10-13-21(29-5)14-11-19/h9-14,16H,7-8,15,17H2,1-6H3. The minimum absolute atomic E-state index is 0.234. The maximum absolute atomic E-state index is 12.7. The van der Waals surface area contributed by atoms with E-state index in [1.165, 1.54) is 7.11 Å². The molecule has 6 nitrogen and oxygen atoms in total. The lowest BCUT2D eigenvalue weighted by atomic mass is 10.1. The highest BCUT2D eigenvalue weighted by Crippen LogP contribution is 2.24. The van der Waals surface area contributed by atoms with Crippen LogP contribution in [0.15, 0.2) is 42.5 Å². The van der Waals surface area contributed by atoms with Crippen LogP contribution in [0.3, 0.4) is 0 Å². The fourth-order valence-electron chi connectivity index (χ4n) is 3.13. The second-order valence-corrected chi connectivity index (χ2v) is 8.45. The summed E-state index contributed by atoms with van der Waals surface area (Å²) in [6.45, 7) is 8.72. The molecule has 31 heavy (non-hydrogen) atoms. The lowest BCUT2D eigenvalue weighted by Crippen LogP contribution is -2.26. The highest BCUT2D eigenvalue weighted by Gasteiger charge is 2.21. The van der Waals surface area contributed by atoms with Crippen molar-refractivity contribution in [1.82, 2.24) is 0 Å². The van der Waals surface area contributed by atoms with E-state index in [9.17, 15) is 9.59 Å². The summed E-state index contributed by atoms with van der Waals surface area (Å²) < 4.78 is 15.6. The van der Waals surface area contributed by atoms with E-state index in [1.54, 1.807) is 7.11 Å². The lowest BCUT2D eigenvalue weighted by Gasteiger charge is -2.26. The first-order chi connectivity index (χ1) is 14.6. The topological polar surface area (TPSA) is 65.1 Å².